The van der Waals surface area contributed by atoms with Gasteiger partial charge in [-0.25, -0.2) is 4.98 Å². The number of benzene rings is 1. The Balaban J connectivity index is 1.88. The third kappa shape index (κ3) is 5.50. The summed E-state index contributed by atoms with van der Waals surface area (Å²) in [6.45, 7) is 6.63. The monoisotopic (exact) mass is 446 g/mol. The zero-order valence-electron chi connectivity index (χ0n) is 18.9. The number of carboxylic acids is 1. The van der Waals surface area contributed by atoms with E-state index in [2.05, 4.69) is 11.9 Å². The Hall–Kier alpha value is -1.85. The largest absolute Gasteiger partial charge is 0.481 e. The average molecular weight is 447 g/mol. The number of imidazole rings is 1. The van der Waals surface area contributed by atoms with Crippen LogP contribution in [0.1, 0.15) is 94.0 Å². The summed E-state index contributed by atoms with van der Waals surface area (Å²) in [6.07, 6.45) is 6.40. The van der Waals surface area contributed by atoms with Crippen LogP contribution in [0.3, 0.4) is 0 Å². The molecule has 1 aliphatic rings. The molecule has 0 spiro atoms. The number of aliphatic hydroxyl groups is 1. The van der Waals surface area contributed by atoms with Crippen molar-refractivity contribution in [3.8, 4) is 0 Å². The van der Waals surface area contributed by atoms with E-state index in [0.717, 1.165) is 61.9 Å². The molecule has 6 heteroatoms. The molecular formula is C25H35ClN2O3. The second-order valence-corrected chi connectivity index (χ2v) is 9.54. The number of aliphatic hydroxyl groups excluding tert-OH is 1. The van der Waals surface area contributed by atoms with Crippen molar-refractivity contribution in [2.45, 2.75) is 84.3 Å². The first kappa shape index (κ1) is 23.8. The maximum absolute atomic E-state index is 11.9. The average Bonchev–Trinajstić information content (AvgIpc) is 3.35. The number of aliphatic carboxylic acids is 1. The molecule has 2 N–H and O–H groups in total. The molecular weight excluding hydrogens is 412 g/mol. The smallest absolute Gasteiger partial charge is 0.311 e. The van der Waals surface area contributed by atoms with Crippen LogP contribution in [0, 0.1) is 11.8 Å². The fourth-order valence-corrected chi connectivity index (χ4v) is 5.01. The van der Waals surface area contributed by atoms with E-state index in [1.807, 2.05) is 42.7 Å². The molecule has 0 aliphatic heterocycles. The van der Waals surface area contributed by atoms with Crippen molar-refractivity contribution >= 4 is 17.6 Å². The van der Waals surface area contributed by atoms with Crippen molar-refractivity contribution in [2.75, 3.05) is 0 Å². The molecule has 2 atom stereocenters. The lowest BCUT2D eigenvalue weighted by Gasteiger charge is -2.21. The highest BCUT2D eigenvalue weighted by Crippen LogP contribution is 2.38. The second kappa shape index (κ2) is 10.6. The Bertz CT molecular complexity index is 870. The third-order valence-corrected chi connectivity index (χ3v) is 6.80. The molecule has 1 aliphatic carbocycles. The van der Waals surface area contributed by atoms with Crippen molar-refractivity contribution in [3.05, 3.63) is 52.1 Å². The van der Waals surface area contributed by atoms with Gasteiger partial charge in [0.25, 0.3) is 0 Å². The van der Waals surface area contributed by atoms with Crippen LogP contribution in [0.4, 0.5) is 0 Å². The van der Waals surface area contributed by atoms with Gasteiger partial charge in [0.2, 0.25) is 0 Å². The molecule has 0 bridgehead atoms. The van der Waals surface area contributed by atoms with Gasteiger partial charge >= 0.3 is 5.97 Å². The zero-order valence-corrected chi connectivity index (χ0v) is 19.6. The standard InChI is InChI=1S/C25H35ClN2O3/c1-4-5-10-20-27-24(26)22(23(29)16(2)3)28(20)15-17-11-13-19(14-12-17)21(25(30)31)18-8-6-7-9-18/h11-14,16,18,21,23,29H,4-10,15H2,1-3H3,(H,30,31). The summed E-state index contributed by atoms with van der Waals surface area (Å²) >= 11 is 6.45. The molecule has 3 rings (SSSR count). The van der Waals surface area contributed by atoms with Crippen LogP contribution in [-0.4, -0.2) is 25.7 Å². The molecule has 0 saturated heterocycles. The van der Waals surface area contributed by atoms with Crippen LogP contribution < -0.4 is 0 Å². The van der Waals surface area contributed by atoms with Gasteiger partial charge < -0.3 is 14.8 Å². The van der Waals surface area contributed by atoms with Crippen LogP contribution in [0.5, 0.6) is 0 Å². The van der Waals surface area contributed by atoms with Gasteiger partial charge in [0.15, 0.2) is 5.15 Å². The molecule has 1 aromatic carbocycles. The van der Waals surface area contributed by atoms with Crippen LogP contribution in [0.25, 0.3) is 0 Å². The Morgan fingerprint density at radius 3 is 2.42 bits per heavy atom. The summed E-state index contributed by atoms with van der Waals surface area (Å²) in [5, 5.41) is 20.9. The van der Waals surface area contributed by atoms with Crippen molar-refractivity contribution in [2.24, 2.45) is 11.8 Å². The molecule has 31 heavy (non-hydrogen) atoms. The van der Waals surface area contributed by atoms with Gasteiger partial charge in [-0.3, -0.25) is 4.79 Å². The van der Waals surface area contributed by atoms with Gasteiger partial charge in [-0.15, -0.1) is 0 Å². The molecule has 1 fully saturated rings. The normalized spacial score (nSPS) is 16.7. The molecule has 1 heterocycles. The Kier molecular flexibility index (Phi) is 8.17. The second-order valence-electron chi connectivity index (χ2n) is 9.18. The van der Waals surface area contributed by atoms with Crippen molar-refractivity contribution in [3.63, 3.8) is 0 Å². The Morgan fingerprint density at radius 2 is 1.87 bits per heavy atom. The lowest BCUT2D eigenvalue weighted by Crippen LogP contribution is -2.19. The van der Waals surface area contributed by atoms with Crippen LogP contribution >= 0.6 is 11.6 Å². The molecule has 1 aromatic heterocycles. The van der Waals surface area contributed by atoms with Gasteiger partial charge in [0.05, 0.1) is 17.7 Å². The summed E-state index contributed by atoms with van der Waals surface area (Å²) < 4.78 is 2.04. The lowest BCUT2D eigenvalue weighted by atomic mass is 9.84. The zero-order chi connectivity index (χ0) is 22.5. The molecule has 0 radical (unpaired) electrons. The molecule has 1 saturated carbocycles. The number of nitrogens with zero attached hydrogens (tertiary/aromatic N) is 2. The highest BCUT2D eigenvalue weighted by Gasteiger charge is 2.32. The first-order valence-corrected chi connectivity index (χ1v) is 12.0. The maximum Gasteiger partial charge on any atom is 0.311 e. The first-order valence-electron chi connectivity index (χ1n) is 11.6. The quantitative estimate of drug-likeness (QED) is 0.471. The predicted octanol–water partition coefficient (Wildman–Crippen LogP) is 5.98. The molecule has 2 unspecified atom stereocenters. The summed E-state index contributed by atoms with van der Waals surface area (Å²) in [5.41, 5.74) is 2.59. The Morgan fingerprint density at radius 1 is 1.23 bits per heavy atom. The van der Waals surface area contributed by atoms with E-state index in [0.29, 0.717) is 17.4 Å². The molecule has 2 aromatic rings. The molecule has 5 nitrogen and oxygen atoms in total. The number of aryl methyl sites for hydroxylation is 1. The molecule has 0 amide bonds. The number of hydrogen-bond acceptors (Lipinski definition) is 3. The van der Waals surface area contributed by atoms with Gasteiger partial charge in [-0.2, -0.15) is 0 Å². The number of carboxylic acid groups (broad SMARTS) is 1. The number of carbonyl (C=O) groups is 1. The van der Waals surface area contributed by atoms with Gasteiger partial charge in [0.1, 0.15) is 5.82 Å². The topological polar surface area (TPSA) is 75.4 Å². The molecule has 170 valence electrons. The van der Waals surface area contributed by atoms with E-state index in [1.54, 1.807) is 0 Å². The summed E-state index contributed by atoms with van der Waals surface area (Å²) in [7, 11) is 0. The van der Waals surface area contributed by atoms with Crippen LogP contribution in [0.2, 0.25) is 5.15 Å². The van der Waals surface area contributed by atoms with Crippen molar-refractivity contribution in [1.29, 1.82) is 0 Å². The SMILES string of the molecule is CCCCc1nc(Cl)c(C(O)C(C)C)n1Cc1ccc(C(C(=O)O)C2CCCC2)cc1. The minimum Gasteiger partial charge on any atom is -0.481 e. The van der Waals surface area contributed by atoms with E-state index in [1.165, 1.54) is 0 Å². The Labute approximate surface area is 190 Å². The van der Waals surface area contributed by atoms with Crippen molar-refractivity contribution < 1.29 is 15.0 Å². The fourth-order valence-electron chi connectivity index (χ4n) is 4.70. The van der Waals surface area contributed by atoms with E-state index >= 15 is 0 Å². The fraction of sp³-hybridized carbons (Fsp3) is 0.600. The van der Waals surface area contributed by atoms with E-state index < -0.39 is 18.0 Å². The van der Waals surface area contributed by atoms with E-state index in [9.17, 15) is 15.0 Å². The van der Waals surface area contributed by atoms with E-state index in [-0.39, 0.29) is 11.8 Å². The predicted molar refractivity (Wildman–Crippen MR) is 124 cm³/mol. The summed E-state index contributed by atoms with van der Waals surface area (Å²) in [5.74, 6) is -0.0239. The minimum absolute atomic E-state index is 0.0251. The van der Waals surface area contributed by atoms with Crippen molar-refractivity contribution in [1.82, 2.24) is 9.55 Å². The maximum atomic E-state index is 11.9. The lowest BCUT2D eigenvalue weighted by molar-refractivity contribution is -0.140. The summed E-state index contributed by atoms with van der Waals surface area (Å²) in [6, 6.07) is 7.91. The number of aromatic nitrogens is 2. The number of rotatable bonds is 10. The van der Waals surface area contributed by atoms with E-state index in [4.69, 9.17) is 11.6 Å². The van der Waals surface area contributed by atoms with Gasteiger partial charge in [-0.1, -0.05) is 75.9 Å². The number of halogens is 1. The van der Waals surface area contributed by atoms with Gasteiger partial charge in [-0.05, 0) is 42.2 Å². The minimum atomic E-state index is -0.731. The highest BCUT2D eigenvalue weighted by molar-refractivity contribution is 6.30. The number of unbranched alkanes of at least 4 members (excludes halogenated alkanes) is 1. The number of hydrogen-bond donors (Lipinski definition) is 2. The van der Waals surface area contributed by atoms with Crippen LogP contribution in [0.15, 0.2) is 24.3 Å². The van der Waals surface area contributed by atoms with Crippen LogP contribution in [-0.2, 0) is 17.8 Å². The third-order valence-electron chi connectivity index (χ3n) is 6.52. The highest BCUT2D eigenvalue weighted by atomic mass is 35.5. The summed E-state index contributed by atoms with van der Waals surface area (Å²) in [4.78, 5) is 16.5. The first-order chi connectivity index (χ1) is 14.8. The van der Waals surface area contributed by atoms with Gasteiger partial charge in [0, 0.05) is 13.0 Å².